The van der Waals surface area contributed by atoms with Crippen LogP contribution in [0.5, 0.6) is 0 Å². The van der Waals surface area contributed by atoms with Gasteiger partial charge in [-0.05, 0) is 38.1 Å². The van der Waals surface area contributed by atoms with Crippen molar-refractivity contribution in [1.82, 2.24) is 9.80 Å². The molecule has 0 aromatic heterocycles. The fraction of sp³-hybridized carbons (Fsp3) is 0.318. The van der Waals surface area contributed by atoms with Gasteiger partial charge in [-0.3, -0.25) is 19.3 Å². The van der Waals surface area contributed by atoms with Crippen LogP contribution in [0.3, 0.4) is 0 Å². The first kappa shape index (κ1) is 18.2. The highest BCUT2D eigenvalue weighted by Crippen LogP contribution is 2.25. The fourth-order valence-corrected chi connectivity index (χ4v) is 3.87. The number of benzene rings is 2. The molecule has 0 radical (unpaired) electrons. The van der Waals surface area contributed by atoms with Gasteiger partial charge < -0.3 is 9.80 Å². The summed E-state index contributed by atoms with van der Waals surface area (Å²) in [4.78, 5) is 43.3. The Bertz CT molecular complexity index is 895. The van der Waals surface area contributed by atoms with Crippen LogP contribution in [-0.4, -0.2) is 59.7 Å². The molecule has 0 saturated carbocycles. The maximum Gasteiger partial charge on any atom is 0.262 e. The van der Waals surface area contributed by atoms with E-state index in [1.807, 2.05) is 0 Å². The van der Waals surface area contributed by atoms with E-state index < -0.39 is 6.04 Å². The van der Waals surface area contributed by atoms with Crippen LogP contribution in [-0.2, 0) is 4.79 Å². The van der Waals surface area contributed by atoms with Gasteiger partial charge in [0, 0.05) is 31.9 Å². The quantitative estimate of drug-likeness (QED) is 0.771. The average molecular weight is 377 g/mol. The molecule has 0 N–H and O–H groups in total. The lowest BCUT2D eigenvalue weighted by molar-refractivity contribution is -0.135. The molecular formula is C22H23N3O3. The molecule has 1 fully saturated rings. The summed E-state index contributed by atoms with van der Waals surface area (Å²) in [7, 11) is 0. The molecule has 2 heterocycles. The standard InChI is InChI=1S/C22H23N3O3/c1-15-7-9-17(10-8-15)23-11-13-24(14-12-23)20(26)16(2)25-21(27)18-5-3-4-6-19(18)22(25)28/h3-10,16H,11-14H2,1-2H3/t16-/m1/s1. The minimum Gasteiger partial charge on any atom is -0.368 e. The minimum atomic E-state index is -0.807. The van der Waals surface area contributed by atoms with Gasteiger partial charge in [-0.15, -0.1) is 0 Å². The van der Waals surface area contributed by atoms with E-state index in [0.717, 1.165) is 23.7 Å². The molecule has 3 amide bonds. The highest BCUT2D eigenvalue weighted by molar-refractivity contribution is 6.22. The zero-order chi connectivity index (χ0) is 19.8. The van der Waals surface area contributed by atoms with E-state index in [2.05, 4.69) is 36.1 Å². The second-order valence-electron chi connectivity index (χ2n) is 7.35. The Morgan fingerprint density at radius 2 is 1.39 bits per heavy atom. The number of fused-ring (bicyclic) bond motifs is 1. The molecular weight excluding hydrogens is 354 g/mol. The number of hydrogen-bond donors (Lipinski definition) is 0. The van der Waals surface area contributed by atoms with Gasteiger partial charge in [-0.25, -0.2) is 0 Å². The smallest absolute Gasteiger partial charge is 0.262 e. The van der Waals surface area contributed by atoms with Gasteiger partial charge in [0.25, 0.3) is 11.8 Å². The summed E-state index contributed by atoms with van der Waals surface area (Å²) >= 11 is 0. The second-order valence-corrected chi connectivity index (χ2v) is 7.35. The lowest BCUT2D eigenvalue weighted by atomic mass is 10.1. The van der Waals surface area contributed by atoms with Gasteiger partial charge in [0.2, 0.25) is 5.91 Å². The molecule has 28 heavy (non-hydrogen) atoms. The molecule has 4 rings (SSSR count). The topological polar surface area (TPSA) is 60.9 Å². The van der Waals surface area contributed by atoms with Gasteiger partial charge in [0.1, 0.15) is 6.04 Å². The van der Waals surface area contributed by atoms with Crippen LogP contribution in [0.4, 0.5) is 5.69 Å². The van der Waals surface area contributed by atoms with Crippen LogP contribution >= 0.6 is 0 Å². The van der Waals surface area contributed by atoms with E-state index >= 15 is 0 Å². The molecule has 6 nitrogen and oxygen atoms in total. The number of piperazine rings is 1. The zero-order valence-electron chi connectivity index (χ0n) is 16.1. The summed E-state index contributed by atoms with van der Waals surface area (Å²) in [6, 6.07) is 14.3. The predicted octanol–water partition coefficient (Wildman–Crippen LogP) is 2.33. The SMILES string of the molecule is Cc1ccc(N2CCN(C(=O)[C@@H](C)N3C(=O)c4ccccc4C3=O)CC2)cc1. The molecule has 2 aliphatic heterocycles. The van der Waals surface area contributed by atoms with Crippen molar-refractivity contribution in [1.29, 1.82) is 0 Å². The Hall–Kier alpha value is -3.15. The molecule has 2 aromatic carbocycles. The predicted molar refractivity (Wildman–Crippen MR) is 106 cm³/mol. The molecule has 1 atom stereocenters. The van der Waals surface area contributed by atoms with Gasteiger partial charge in [-0.2, -0.15) is 0 Å². The first-order chi connectivity index (χ1) is 13.5. The molecule has 144 valence electrons. The molecule has 0 unspecified atom stereocenters. The Balaban J connectivity index is 1.42. The van der Waals surface area contributed by atoms with Crippen molar-refractivity contribution in [3.8, 4) is 0 Å². The number of imide groups is 1. The van der Waals surface area contributed by atoms with Crippen molar-refractivity contribution in [2.75, 3.05) is 31.1 Å². The molecule has 0 spiro atoms. The molecule has 6 heteroatoms. The first-order valence-electron chi connectivity index (χ1n) is 9.54. The molecule has 2 aromatic rings. The summed E-state index contributed by atoms with van der Waals surface area (Å²) in [6.07, 6.45) is 0. The molecule has 1 saturated heterocycles. The fourth-order valence-electron chi connectivity index (χ4n) is 3.87. The first-order valence-corrected chi connectivity index (χ1v) is 9.54. The Kier molecular flexibility index (Phi) is 4.63. The summed E-state index contributed by atoms with van der Waals surface area (Å²) in [5.74, 6) is -0.961. The summed E-state index contributed by atoms with van der Waals surface area (Å²) < 4.78 is 0. The van der Waals surface area contributed by atoms with E-state index in [-0.39, 0.29) is 17.7 Å². The van der Waals surface area contributed by atoms with Crippen molar-refractivity contribution in [3.63, 3.8) is 0 Å². The van der Waals surface area contributed by atoms with E-state index in [4.69, 9.17) is 0 Å². The van der Waals surface area contributed by atoms with Crippen molar-refractivity contribution in [2.45, 2.75) is 19.9 Å². The van der Waals surface area contributed by atoms with Crippen LogP contribution in [0.15, 0.2) is 48.5 Å². The van der Waals surface area contributed by atoms with Crippen LogP contribution < -0.4 is 4.90 Å². The van der Waals surface area contributed by atoms with Crippen molar-refractivity contribution < 1.29 is 14.4 Å². The number of carbonyl (C=O) groups is 3. The van der Waals surface area contributed by atoms with Crippen LogP contribution in [0, 0.1) is 6.92 Å². The highest BCUT2D eigenvalue weighted by Gasteiger charge is 2.42. The average Bonchev–Trinajstić information content (AvgIpc) is 2.98. The van der Waals surface area contributed by atoms with Crippen molar-refractivity contribution in [2.24, 2.45) is 0 Å². The van der Waals surface area contributed by atoms with E-state index in [9.17, 15) is 14.4 Å². The maximum atomic E-state index is 13.0. The van der Waals surface area contributed by atoms with Crippen LogP contribution in [0.2, 0.25) is 0 Å². The minimum absolute atomic E-state index is 0.182. The summed E-state index contributed by atoms with van der Waals surface area (Å²) in [6.45, 7) is 6.28. The number of rotatable bonds is 3. The summed E-state index contributed by atoms with van der Waals surface area (Å²) in [5, 5.41) is 0. The third kappa shape index (κ3) is 3.05. The van der Waals surface area contributed by atoms with Gasteiger partial charge in [-0.1, -0.05) is 29.8 Å². The normalized spacial score (nSPS) is 17.7. The Morgan fingerprint density at radius 3 is 1.93 bits per heavy atom. The van der Waals surface area contributed by atoms with Gasteiger partial charge >= 0.3 is 0 Å². The number of aryl methyl sites for hydroxylation is 1. The van der Waals surface area contributed by atoms with Crippen molar-refractivity contribution in [3.05, 3.63) is 65.2 Å². The number of carbonyl (C=O) groups excluding carboxylic acids is 3. The number of amides is 3. The third-order valence-corrected chi connectivity index (χ3v) is 5.56. The van der Waals surface area contributed by atoms with E-state index in [0.29, 0.717) is 24.2 Å². The Morgan fingerprint density at radius 1 is 0.857 bits per heavy atom. The Labute approximate surface area is 164 Å². The van der Waals surface area contributed by atoms with Crippen LogP contribution in [0.1, 0.15) is 33.2 Å². The third-order valence-electron chi connectivity index (χ3n) is 5.56. The number of nitrogens with zero attached hydrogens (tertiary/aromatic N) is 3. The maximum absolute atomic E-state index is 13.0. The second kappa shape index (κ2) is 7.11. The molecule has 0 bridgehead atoms. The van der Waals surface area contributed by atoms with Crippen LogP contribution in [0.25, 0.3) is 0 Å². The molecule has 2 aliphatic rings. The van der Waals surface area contributed by atoms with Crippen molar-refractivity contribution >= 4 is 23.4 Å². The van der Waals surface area contributed by atoms with E-state index in [1.54, 1.807) is 36.1 Å². The zero-order valence-corrected chi connectivity index (χ0v) is 16.1. The number of hydrogen-bond acceptors (Lipinski definition) is 4. The van der Waals surface area contributed by atoms with E-state index in [1.165, 1.54) is 5.56 Å². The largest absolute Gasteiger partial charge is 0.368 e. The monoisotopic (exact) mass is 377 g/mol. The van der Waals surface area contributed by atoms with Gasteiger partial charge in [0.05, 0.1) is 11.1 Å². The highest BCUT2D eigenvalue weighted by atomic mass is 16.2. The lowest BCUT2D eigenvalue weighted by Gasteiger charge is -2.38. The van der Waals surface area contributed by atoms with Gasteiger partial charge in [0.15, 0.2) is 0 Å². The molecule has 0 aliphatic carbocycles. The lowest BCUT2D eigenvalue weighted by Crippen LogP contribution is -2.55. The number of anilines is 1. The summed E-state index contributed by atoms with van der Waals surface area (Å²) in [5.41, 5.74) is 3.10.